The Morgan fingerprint density at radius 3 is 2.54 bits per heavy atom. The number of hydrogen-bond acceptors (Lipinski definition) is 4. The average molecular weight is 491 g/mol. The van der Waals surface area contributed by atoms with E-state index in [1.807, 2.05) is 36.0 Å². The summed E-state index contributed by atoms with van der Waals surface area (Å²) in [5.41, 5.74) is 6.19. The number of aryl methyl sites for hydroxylation is 3. The summed E-state index contributed by atoms with van der Waals surface area (Å²) >= 11 is 1.90. The van der Waals surface area contributed by atoms with Crippen LogP contribution in [0.2, 0.25) is 0 Å². The van der Waals surface area contributed by atoms with E-state index in [-0.39, 0.29) is 18.0 Å². The van der Waals surface area contributed by atoms with Crippen LogP contribution in [0.5, 0.6) is 0 Å². The maximum Gasteiger partial charge on any atom is 0.291 e. The van der Waals surface area contributed by atoms with Gasteiger partial charge in [0.2, 0.25) is 5.91 Å². The van der Waals surface area contributed by atoms with Crippen LogP contribution >= 0.6 is 11.8 Å². The zero-order chi connectivity index (χ0) is 24.9. The lowest BCUT2D eigenvalue weighted by atomic mass is 10.00. The summed E-state index contributed by atoms with van der Waals surface area (Å²) in [6.45, 7) is 9.62. The third kappa shape index (κ3) is 5.45. The number of benzene rings is 2. The van der Waals surface area contributed by atoms with Crippen LogP contribution in [0.3, 0.4) is 0 Å². The van der Waals surface area contributed by atoms with E-state index in [2.05, 4.69) is 54.8 Å². The summed E-state index contributed by atoms with van der Waals surface area (Å²) in [4.78, 5) is 26.1. The predicted molar refractivity (Wildman–Crippen MR) is 146 cm³/mol. The normalized spacial score (nSPS) is 11.4. The molecule has 0 fully saturated rings. The first-order valence-corrected chi connectivity index (χ1v) is 13.4. The molecule has 2 aromatic carbocycles. The number of nitrogens with one attached hydrogen (secondary N) is 1. The number of nitrogens with zero attached hydrogens (tertiary/aromatic N) is 3. The van der Waals surface area contributed by atoms with Gasteiger partial charge in [-0.1, -0.05) is 42.8 Å². The number of fused-ring (bicyclic) bond motifs is 3. The Labute approximate surface area is 210 Å². The molecule has 35 heavy (non-hydrogen) atoms. The quantitative estimate of drug-likeness (QED) is 0.319. The minimum absolute atomic E-state index is 0.0824. The van der Waals surface area contributed by atoms with Crippen LogP contribution in [-0.4, -0.2) is 38.3 Å². The Kier molecular flexibility index (Phi) is 7.96. The second-order valence-corrected chi connectivity index (χ2v) is 10.4. The van der Waals surface area contributed by atoms with Gasteiger partial charge in [0.15, 0.2) is 0 Å². The molecule has 0 atom stereocenters. The van der Waals surface area contributed by atoms with Crippen molar-refractivity contribution in [1.82, 2.24) is 19.7 Å². The number of carbonyl (C=O) groups is 1. The second-order valence-electron chi connectivity index (χ2n) is 9.17. The summed E-state index contributed by atoms with van der Waals surface area (Å²) in [7, 11) is 0. The molecule has 0 aliphatic heterocycles. The van der Waals surface area contributed by atoms with Crippen LogP contribution in [0.4, 0.5) is 0 Å². The van der Waals surface area contributed by atoms with Gasteiger partial charge in [0.1, 0.15) is 12.1 Å². The van der Waals surface area contributed by atoms with E-state index in [0.717, 1.165) is 40.6 Å². The lowest BCUT2D eigenvalue weighted by molar-refractivity contribution is -0.121. The SMILES string of the molecule is CCCSCCCNC(=O)Cn1ncc2c3ccccc3n(Cc3c(C)cc(C)cc3C)c2c1=O. The third-order valence-corrected chi connectivity index (χ3v) is 7.63. The summed E-state index contributed by atoms with van der Waals surface area (Å²) < 4.78 is 3.37. The second kappa shape index (κ2) is 11.1. The zero-order valence-electron chi connectivity index (χ0n) is 21.1. The van der Waals surface area contributed by atoms with Crippen molar-refractivity contribution in [2.75, 3.05) is 18.1 Å². The van der Waals surface area contributed by atoms with Crippen molar-refractivity contribution in [3.05, 3.63) is 75.2 Å². The Morgan fingerprint density at radius 2 is 1.80 bits per heavy atom. The van der Waals surface area contributed by atoms with Crippen molar-refractivity contribution in [2.24, 2.45) is 0 Å². The molecule has 0 aliphatic carbocycles. The molecule has 2 heterocycles. The van der Waals surface area contributed by atoms with Gasteiger partial charge in [-0.2, -0.15) is 16.9 Å². The molecule has 0 aliphatic rings. The maximum absolute atomic E-state index is 13.6. The fourth-order valence-corrected chi connectivity index (χ4v) is 5.57. The molecule has 0 saturated carbocycles. The third-order valence-electron chi connectivity index (χ3n) is 6.36. The Balaban J connectivity index is 1.66. The van der Waals surface area contributed by atoms with E-state index in [1.165, 1.54) is 26.9 Å². The lowest BCUT2D eigenvalue weighted by Gasteiger charge is -2.14. The maximum atomic E-state index is 13.6. The Hall–Kier alpha value is -3.06. The zero-order valence-corrected chi connectivity index (χ0v) is 21.9. The van der Waals surface area contributed by atoms with Crippen LogP contribution in [0.15, 0.2) is 47.4 Å². The first kappa shape index (κ1) is 25.0. The molecular weight excluding hydrogens is 456 g/mol. The molecule has 1 amide bonds. The largest absolute Gasteiger partial charge is 0.354 e. The van der Waals surface area contributed by atoms with Crippen LogP contribution in [-0.2, 0) is 17.9 Å². The summed E-state index contributed by atoms with van der Waals surface area (Å²) in [5.74, 6) is 1.98. The van der Waals surface area contributed by atoms with E-state index in [1.54, 1.807) is 6.20 Å². The van der Waals surface area contributed by atoms with Gasteiger partial charge in [-0.3, -0.25) is 9.59 Å². The van der Waals surface area contributed by atoms with Gasteiger partial charge in [-0.25, -0.2) is 4.68 Å². The highest BCUT2D eigenvalue weighted by atomic mass is 32.2. The van der Waals surface area contributed by atoms with Crippen LogP contribution < -0.4 is 10.9 Å². The fraction of sp³-hybridized carbons (Fsp3) is 0.393. The topological polar surface area (TPSA) is 68.9 Å². The number of para-hydroxylation sites is 1. The molecule has 7 heteroatoms. The monoisotopic (exact) mass is 490 g/mol. The van der Waals surface area contributed by atoms with Gasteiger partial charge in [0.05, 0.1) is 6.20 Å². The van der Waals surface area contributed by atoms with Crippen molar-refractivity contribution in [2.45, 2.75) is 53.6 Å². The standard InChI is InChI=1S/C28H34N4O2S/c1-5-12-35-13-8-11-29-26(33)18-32-28(34)27-23(16-30-32)22-9-6-7-10-25(22)31(27)17-24-20(3)14-19(2)15-21(24)4/h6-7,9-10,14-16H,5,8,11-13,17-18H2,1-4H3,(H,29,33). The number of rotatable bonds is 10. The molecule has 4 aromatic rings. The molecule has 184 valence electrons. The predicted octanol–water partition coefficient (Wildman–Crippen LogP) is 4.97. The first-order valence-electron chi connectivity index (χ1n) is 12.3. The fourth-order valence-electron chi connectivity index (χ4n) is 4.73. The Bertz CT molecular complexity index is 1400. The number of hydrogen-bond donors (Lipinski definition) is 1. The highest BCUT2D eigenvalue weighted by molar-refractivity contribution is 7.99. The van der Waals surface area contributed by atoms with Gasteiger partial charge in [-0.15, -0.1) is 0 Å². The van der Waals surface area contributed by atoms with Crippen molar-refractivity contribution in [1.29, 1.82) is 0 Å². The highest BCUT2D eigenvalue weighted by Crippen LogP contribution is 2.28. The molecule has 0 spiro atoms. The number of aromatic nitrogens is 3. The summed E-state index contributed by atoms with van der Waals surface area (Å²) in [6, 6.07) is 12.4. The van der Waals surface area contributed by atoms with E-state index in [4.69, 9.17) is 0 Å². The van der Waals surface area contributed by atoms with Crippen molar-refractivity contribution in [3.8, 4) is 0 Å². The number of thioether (sulfide) groups is 1. The smallest absolute Gasteiger partial charge is 0.291 e. The molecule has 4 rings (SSSR count). The van der Waals surface area contributed by atoms with Gasteiger partial charge in [-0.05, 0) is 67.9 Å². The van der Waals surface area contributed by atoms with Crippen LogP contribution in [0.1, 0.15) is 42.0 Å². The molecule has 6 nitrogen and oxygen atoms in total. The summed E-state index contributed by atoms with van der Waals surface area (Å²) in [6.07, 6.45) is 3.80. The summed E-state index contributed by atoms with van der Waals surface area (Å²) in [5, 5.41) is 9.10. The molecule has 0 saturated heterocycles. The first-order chi connectivity index (χ1) is 16.9. The Morgan fingerprint density at radius 1 is 1.06 bits per heavy atom. The van der Waals surface area contributed by atoms with E-state index in [0.29, 0.717) is 18.6 Å². The van der Waals surface area contributed by atoms with E-state index in [9.17, 15) is 9.59 Å². The van der Waals surface area contributed by atoms with Crippen molar-refractivity contribution < 1.29 is 4.79 Å². The molecule has 0 radical (unpaired) electrons. The minimum Gasteiger partial charge on any atom is -0.354 e. The lowest BCUT2D eigenvalue weighted by Crippen LogP contribution is -2.34. The van der Waals surface area contributed by atoms with Crippen molar-refractivity contribution >= 4 is 39.5 Å². The van der Waals surface area contributed by atoms with Crippen molar-refractivity contribution in [3.63, 3.8) is 0 Å². The van der Waals surface area contributed by atoms with Gasteiger partial charge < -0.3 is 9.88 Å². The van der Waals surface area contributed by atoms with Crippen LogP contribution in [0.25, 0.3) is 21.8 Å². The van der Waals surface area contributed by atoms with Crippen LogP contribution in [0, 0.1) is 20.8 Å². The number of carbonyl (C=O) groups excluding carboxylic acids is 1. The van der Waals surface area contributed by atoms with Gasteiger partial charge in [0, 0.05) is 29.4 Å². The van der Waals surface area contributed by atoms with Gasteiger partial charge in [0.25, 0.3) is 5.56 Å². The van der Waals surface area contributed by atoms with E-state index >= 15 is 0 Å². The van der Waals surface area contributed by atoms with Gasteiger partial charge >= 0.3 is 0 Å². The average Bonchev–Trinajstić information content (AvgIpc) is 3.14. The molecule has 0 unspecified atom stereocenters. The minimum atomic E-state index is -0.241. The molecule has 1 N–H and O–H groups in total. The highest BCUT2D eigenvalue weighted by Gasteiger charge is 2.18. The molecule has 2 aromatic heterocycles. The molecule has 0 bridgehead atoms. The van der Waals surface area contributed by atoms with E-state index < -0.39 is 0 Å². The number of amides is 1. The molecular formula is C28H34N4O2S.